The van der Waals surface area contributed by atoms with E-state index < -0.39 is 17.8 Å². The van der Waals surface area contributed by atoms with Gasteiger partial charge in [0.05, 0.1) is 5.69 Å². The molecule has 2 amide bonds. The van der Waals surface area contributed by atoms with E-state index in [0.29, 0.717) is 6.42 Å². The lowest BCUT2D eigenvalue weighted by atomic mass is 10.2. The number of amides is 2. The molecule has 2 N–H and O–H groups in total. The van der Waals surface area contributed by atoms with Gasteiger partial charge in [-0.3, -0.25) is 9.69 Å². The van der Waals surface area contributed by atoms with Crippen LogP contribution < -0.4 is 10.2 Å². The number of rotatable bonds is 5. The first-order valence-corrected chi connectivity index (χ1v) is 5.92. The maximum Gasteiger partial charge on any atom is 0.321 e. The molecule has 1 rings (SSSR count). The molecule has 0 heterocycles. The SMILES string of the molecule is CC(CCC(=O)O)NC(=O)N(C)c1ccccc1F. The number of carbonyl (C=O) groups is 2. The lowest BCUT2D eigenvalue weighted by Gasteiger charge is -2.21. The van der Waals surface area contributed by atoms with Crippen molar-refractivity contribution in [3.8, 4) is 0 Å². The molecule has 0 saturated heterocycles. The van der Waals surface area contributed by atoms with Gasteiger partial charge in [0, 0.05) is 19.5 Å². The summed E-state index contributed by atoms with van der Waals surface area (Å²) in [5.74, 6) is -1.40. The van der Waals surface area contributed by atoms with E-state index in [2.05, 4.69) is 5.32 Å². The van der Waals surface area contributed by atoms with Gasteiger partial charge in [-0.2, -0.15) is 0 Å². The van der Waals surface area contributed by atoms with E-state index in [1.54, 1.807) is 19.1 Å². The quantitative estimate of drug-likeness (QED) is 0.860. The van der Waals surface area contributed by atoms with Crippen molar-refractivity contribution in [2.45, 2.75) is 25.8 Å². The Morgan fingerprint density at radius 1 is 1.42 bits per heavy atom. The largest absolute Gasteiger partial charge is 0.481 e. The fourth-order valence-corrected chi connectivity index (χ4v) is 1.55. The predicted molar refractivity (Wildman–Crippen MR) is 69.7 cm³/mol. The Labute approximate surface area is 111 Å². The van der Waals surface area contributed by atoms with Gasteiger partial charge in [0.1, 0.15) is 5.82 Å². The number of hydrogen-bond donors (Lipinski definition) is 2. The van der Waals surface area contributed by atoms with Crippen molar-refractivity contribution < 1.29 is 19.1 Å². The van der Waals surface area contributed by atoms with Crippen molar-refractivity contribution in [1.82, 2.24) is 5.32 Å². The Morgan fingerprint density at radius 2 is 2.05 bits per heavy atom. The number of urea groups is 1. The van der Waals surface area contributed by atoms with Crippen LogP contribution in [0.2, 0.25) is 0 Å². The second-order valence-electron chi connectivity index (χ2n) is 4.29. The highest BCUT2D eigenvalue weighted by atomic mass is 19.1. The van der Waals surface area contributed by atoms with E-state index in [1.165, 1.54) is 19.2 Å². The minimum atomic E-state index is -0.913. The van der Waals surface area contributed by atoms with Crippen LogP contribution >= 0.6 is 0 Å². The summed E-state index contributed by atoms with van der Waals surface area (Å²) in [6, 6.07) is 5.18. The molecule has 1 aromatic carbocycles. The second-order valence-corrected chi connectivity index (χ2v) is 4.29. The first kappa shape index (κ1) is 14.9. The van der Waals surface area contributed by atoms with Crippen LogP contribution in [0.5, 0.6) is 0 Å². The number of anilines is 1. The van der Waals surface area contributed by atoms with E-state index in [0.717, 1.165) is 4.90 Å². The van der Waals surface area contributed by atoms with Crippen LogP contribution in [0, 0.1) is 5.82 Å². The molecule has 0 spiro atoms. The van der Waals surface area contributed by atoms with E-state index in [9.17, 15) is 14.0 Å². The van der Waals surface area contributed by atoms with Crippen LogP contribution in [-0.2, 0) is 4.79 Å². The van der Waals surface area contributed by atoms with Crippen LogP contribution in [0.3, 0.4) is 0 Å². The minimum absolute atomic E-state index is 0.0230. The standard InChI is InChI=1S/C13H17FN2O3/c1-9(7-8-12(17)18)15-13(19)16(2)11-6-4-3-5-10(11)14/h3-6,9H,7-8H2,1-2H3,(H,15,19)(H,17,18). The normalized spacial score (nSPS) is 11.7. The Bertz CT molecular complexity index is 465. The summed E-state index contributed by atoms with van der Waals surface area (Å²) in [6.07, 6.45) is 0.303. The number of halogens is 1. The zero-order valence-electron chi connectivity index (χ0n) is 10.9. The van der Waals surface area contributed by atoms with E-state index >= 15 is 0 Å². The Hall–Kier alpha value is -2.11. The summed E-state index contributed by atoms with van der Waals surface area (Å²) in [4.78, 5) is 23.4. The summed E-state index contributed by atoms with van der Waals surface area (Å²) in [5, 5.41) is 11.2. The van der Waals surface area contributed by atoms with Crippen LogP contribution in [-0.4, -0.2) is 30.2 Å². The molecule has 0 bridgehead atoms. The summed E-state index contributed by atoms with van der Waals surface area (Å²) < 4.78 is 13.5. The number of benzene rings is 1. The zero-order chi connectivity index (χ0) is 14.4. The third-order valence-electron chi connectivity index (χ3n) is 2.68. The van der Waals surface area contributed by atoms with E-state index in [1.807, 2.05) is 0 Å². The lowest BCUT2D eigenvalue weighted by molar-refractivity contribution is -0.137. The lowest BCUT2D eigenvalue weighted by Crippen LogP contribution is -2.42. The van der Waals surface area contributed by atoms with Crippen molar-refractivity contribution in [1.29, 1.82) is 0 Å². The highest BCUT2D eigenvalue weighted by Gasteiger charge is 2.16. The number of hydrogen-bond acceptors (Lipinski definition) is 2. The van der Waals surface area contributed by atoms with Gasteiger partial charge in [-0.05, 0) is 25.5 Å². The first-order chi connectivity index (χ1) is 8.91. The molecule has 5 nitrogen and oxygen atoms in total. The summed E-state index contributed by atoms with van der Waals surface area (Å²) in [5.41, 5.74) is 0.172. The molecule has 19 heavy (non-hydrogen) atoms. The maximum atomic E-state index is 13.5. The number of carboxylic acids is 1. The van der Waals surface area contributed by atoms with Crippen molar-refractivity contribution in [3.05, 3.63) is 30.1 Å². The maximum absolute atomic E-state index is 13.5. The predicted octanol–water partition coefficient (Wildman–Crippen LogP) is 2.22. The van der Waals surface area contributed by atoms with Crippen LogP contribution in [0.25, 0.3) is 0 Å². The summed E-state index contributed by atoms with van der Waals surface area (Å²) in [6.45, 7) is 1.70. The molecule has 0 radical (unpaired) electrons. The topological polar surface area (TPSA) is 69.6 Å². The fraction of sp³-hybridized carbons (Fsp3) is 0.385. The molecule has 0 fully saturated rings. The Balaban J connectivity index is 2.58. The van der Waals surface area contributed by atoms with Crippen LogP contribution in [0.15, 0.2) is 24.3 Å². The molecule has 6 heteroatoms. The van der Waals surface area contributed by atoms with Gasteiger partial charge >= 0.3 is 12.0 Å². The highest BCUT2D eigenvalue weighted by molar-refractivity contribution is 5.91. The molecule has 0 aromatic heterocycles. The average Bonchev–Trinajstić information content (AvgIpc) is 2.36. The first-order valence-electron chi connectivity index (χ1n) is 5.92. The average molecular weight is 268 g/mol. The molecule has 0 aliphatic rings. The molecule has 1 aromatic rings. The number of carbonyl (C=O) groups excluding carboxylic acids is 1. The number of carboxylic acid groups (broad SMARTS) is 1. The van der Waals surface area contributed by atoms with Gasteiger partial charge in [0.2, 0.25) is 0 Å². The van der Waals surface area contributed by atoms with Crippen LogP contribution in [0.4, 0.5) is 14.9 Å². The molecule has 0 saturated carbocycles. The van der Waals surface area contributed by atoms with Crippen molar-refractivity contribution in [2.24, 2.45) is 0 Å². The van der Waals surface area contributed by atoms with Gasteiger partial charge in [0.15, 0.2) is 0 Å². The molecule has 1 unspecified atom stereocenters. The summed E-state index contributed by atoms with van der Waals surface area (Å²) >= 11 is 0. The van der Waals surface area contributed by atoms with Gasteiger partial charge in [-0.1, -0.05) is 12.1 Å². The summed E-state index contributed by atoms with van der Waals surface area (Å²) in [7, 11) is 1.46. The third-order valence-corrected chi connectivity index (χ3v) is 2.68. The Kier molecular flexibility index (Phi) is 5.29. The number of para-hydroxylation sites is 1. The highest BCUT2D eigenvalue weighted by Crippen LogP contribution is 2.17. The monoisotopic (exact) mass is 268 g/mol. The van der Waals surface area contributed by atoms with Gasteiger partial charge in [-0.15, -0.1) is 0 Å². The number of aliphatic carboxylic acids is 1. The Morgan fingerprint density at radius 3 is 2.63 bits per heavy atom. The van der Waals surface area contributed by atoms with Gasteiger partial charge < -0.3 is 10.4 Å². The molecule has 0 aliphatic carbocycles. The second kappa shape index (κ2) is 6.72. The van der Waals surface area contributed by atoms with Crippen molar-refractivity contribution in [2.75, 3.05) is 11.9 Å². The van der Waals surface area contributed by atoms with E-state index in [4.69, 9.17) is 5.11 Å². The third kappa shape index (κ3) is 4.57. The van der Waals surface area contributed by atoms with E-state index in [-0.39, 0.29) is 18.2 Å². The fourth-order valence-electron chi connectivity index (χ4n) is 1.55. The molecular formula is C13H17FN2O3. The van der Waals surface area contributed by atoms with Gasteiger partial charge in [-0.25, -0.2) is 9.18 Å². The van der Waals surface area contributed by atoms with Crippen molar-refractivity contribution >= 4 is 17.7 Å². The molecule has 0 aliphatic heterocycles. The van der Waals surface area contributed by atoms with Gasteiger partial charge in [0.25, 0.3) is 0 Å². The number of nitrogens with one attached hydrogen (secondary N) is 1. The number of nitrogens with zero attached hydrogens (tertiary/aromatic N) is 1. The van der Waals surface area contributed by atoms with Crippen molar-refractivity contribution in [3.63, 3.8) is 0 Å². The minimum Gasteiger partial charge on any atom is -0.481 e. The zero-order valence-corrected chi connectivity index (χ0v) is 10.9. The van der Waals surface area contributed by atoms with Crippen LogP contribution in [0.1, 0.15) is 19.8 Å². The smallest absolute Gasteiger partial charge is 0.321 e. The molecular weight excluding hydrogens is 251 g/mol. The molecule has 104 valence electrons. The molecule has 1 atom stereocenters.